The molecule has 0 fully saturated rings. The number of aromatic amines is 1. The van der Waals surface area contributed by atoms with Crippen molar-refractivity contribution in [3.05, 3.63) is 41.2 Å². The van der Waals surface area contributed by atoms with Crippen LogP contribution in [0.5, 0.6) is 11.5 Å². The molecule has 28 heavy (non-hydrogen) atoms. The van der Waals surface area contributed by atoms with Crippen molar-refractivity contribution in [3.8, 4) is 11.5 Å². The van der Waals surface area contributed by atoms with Crippen LogP contribution in [0.2, 0.25) is 0 Å². The number of pyridine rings is 1. The zero-order valence-electron chi connectivity index (χ0n) is 15.8. The van der Waals surface area contributed by atoms with Gasteiger partial charge in [-0.3, -0.25) is 4.98 Å². The first-order chi connectivity index (χ1) is 13.3. The number of imidazole rings is 1. The summed E-state index contributed by atoms with van der Waals surface area (Å²) in [4.78, 5) is 22.9. The lowest BCUT2D eigenvalue weighted by molar-refractivity contribution is 0.0600. The molecule has 0 aliphatic rings. The van der Waals surface area contributed by atoms with Gasteiger partial charge in [-0.25, -0.2) is 18.2 Å². The highest BCUT2D eigenvalue weighted by Gasteiger charge is 2.25. The van der Waals surface area contributed by atoms with Gasteiger partial charge >= 0.3 is 5.97 Å². The average molecular weight is 405 g/mol. The summed E-state index contributed by atoms with van der Waals surface area (Å²) in [6, 6.07) is 4.72. The number of nitrogens with one attached hydrogen (secondary N) is 1. The Kier molecular flexibility index (Phi) is 5.23. The van der Waals surface area contributed by atoms with Crippen LogP contribution in [0.1, 0.15) is 21.6 Å². The number of benzene rings is 1. The summed E-state index contributed by atoms with van der Waals surface area (Å²) in [5, 5.41) is -0.226. The SMILES string of the molecule is COC(=O)c1cc2nc(S(=O)(=O)Cc3nccc(OC)c3OC)[nH]c2cc1C. The Labute approximate surface area is 161 Å². The third-order valence-electron chi connectivity index (χ3n) is 4.20. The van der Waals surface area contributed by atoms with E-state index in [0.29, 0.717) is 27.9 Å². The number of esters is 1. The fourth-order valence-corrected chi connectivity index (χ4v) is 4.03. The van der Waals surface area contributed by atoms with Gasteiger partial charge in [-0.05, 0) is 24.6 Å². The van der Waals surface area contributed by atoms with Gasteiger partial charge in [-0.15, -0.1) is 0 Å². The van der Waals surface area contributed by atoms with Gasteiger partial charge in [0.1, 0.15) is 11.4 Å². The van der Waals surface area contributed by atoms with Crippen LogP contribution in [0.25, 0.3) is 11.0 Å². The van der Waals surface area contributed by atoms with E-state index in [1.54, 1.807) is 19.1 Å². The van der Waals surface area contributed by atoms with Crippen molar-refractivity contribution in [3.63, 3.8) is 0 Å². The number of methoxy groups -OCH3 is 3. The van der Waals surface area contributed by atoms with Crippen LogP contribution in [0.4, 0.5) is 0 Å². The Balaban J connectivity index is 2.03. The Morgan fingerprint density at radius 3 is 2.57 bits per heavy atom. The molecule has 0 spiro atoms. The summed E-state index contributed by atoms with van der Waals surface area (Å²) < 4.78 is 40.9. The summed E-state index contributed by atoms with van der Waals surface area (Å²) in [7, 11) is 0.279. The molecule has 2 aromatic heterocycles. The largest absolute Gasteiger partial charge is 0.493 e. The van der Waals surface area contributed by atoms with Gasteiger partial charge in [0.15, 0.2) is 11.5 Å². The molecule has 0 saturated carbocycles. The van der Waals surface area contributed by atoms with E-state index in [1.807, 2.05) is 0 Å². The van der Waals surface area contributed by atoms with Crippen LogP contribution in [0.15, 0.2) is 29.6 Å². The Morgan fingerprint density at radius 2 is 1.93 bits per heavy atom. The van der Waals surface area contributed by atoms with E-state index in [4.69, 9.17) is 14.2 Å². The van der Waals surface area contributed by atoms with Crippen LogP contribution in [0, 0.1) is 6.92 Å². The second kappa shape index (κ2) is 7.47. The minimum absolute atomic E-state index is 0.203. The van der Waals surface area contributed by atoms with Gasteiger partial charge in [0, 0.05) is 12.3 Å². The molecule has 0 atom stereocenters. The number of carbonyl (C=O) groups excluding carboxylic acids is 1. The van der Waals surface area contributed by atoms with Crippen molar-refractivity contribution in [2.45, 2.75) is 17.8 Å². The molecule has 0 amide bonds. The number of aromatic nitrogens is 3. The molecule has 148 valence electrons. The molecule has 1 N–H and O–H groups in total. The van der Waals surface area contributed by atoms with Crippen LogP contribution in [-0.4, -0.2) is 50.7 Å². The van der Waals surface area contributed by atoms with Crippen LogP contribution in [0.3, 0.4) is 0 Å². The number of carbonyl (C=O) groups is 1. The molecule has 0 radical (unpaired) electrons. The first kappa shape index (κ1) is 19.6. The maximum absolute atomic E-state index is 12.9. The van der Waals surface area contributed by atoms with Crippen LogP contribution in [-0.2, 0) is 20.3 Å². The van der Waals surface area contributed by atoms with E-state index in [2.05, 4.69) is 15.0 Å². The topological polar surface area (TPSA) is 120 Å². The van der Waals surface area contributed by atoms with Gasteiger partial charge in [0.25, 0.3) is 0 Å². The third-order valence-corrected chi connectivity index (χ3v) is 5.64. The van der Waals surface area contributed by atoms with E-state index in [9.17, 15) is 13.2 Å². The second-order valence-corrected chi connectivity index (χ2v) is 7.87. The number of hydrogen-bond donors (Lipinski definition) is 1. The number of hydrogen-bond acceptors (Lipinski definition) is 8. The first-order valence-electron chi connectivity index (χ1n) is 8.18. The van der Waals surface area contributed by atoms with Crippen molar-refractivity contribution in [2.75, 3.05) is 21.3 Å². The van der Waals surface area contributed by atoms with E-state index in [0.717, 1.165) is 0 Å². The lowest BCUT2D eigenvalue weighted by atomic mass is 10.1. The number of rotatable bonds is 6. The Bertz CT molecular complexity index is 1150. The molecule has 0 aliphatic heterocycles. The highest BCUT2D eigenvalue weighted by molar-refractivity contribution is 7.90. The maximum Gasteiger partial charge on any atom is 0.338 e. The van der Waals surface area contributed by atoms with Gasteiger partial charge < -0.3 is 19.2 Å². The highest BCUT2D eigenvalue weighted by atomic mass is 32.2. The first-order valence-corrected chi connectivity index (χ1v) is 9.83. The molecule has 1 aromatic carbocycles. The number of nitrogens with zero attached hydrogens (tertiary/aromatic N) is 2. The zero-order chi connectivity index (χ0) is 20.5. The lowest BCUT2D eigenvalue weighted by Gasteiger charge is -2.11. The number of aryl methyl sites for hydroxylation is 1. The summed E-state index contributed by atoms with van der Waals surface area (Å²) >= 11 is 0. The third kappa shape index (κ3) is 3.50. The fraction of sp³-hybridized carbons (Fsp3) is 0.278. The standard InChI is InChI=1S/C18H19N3O6S/c1-10-7-12-13(8-11(10)17(22)27-4)21-18(20-12)28(23,24)9-14-16(26-3)15(25-2)5-6-19-14/h5-8H,9H2,1-4H3,(H,20,21). The lowest BCUT2D eigenvalue weighted by Crippen LogP contribution is -2.10. The average Bonchev–Trinajstić information content (AvgIpc) is 3.10. The molecular formula is C18H19N3O6S. The number of ether oxygens (including phenoxy) is 3. The van der Waals surface area contributed by atoms with Gasteiger partial charge in [0.05, 0.1) is 37.9 Å². The smallest absolute Gasteiger partial charge is 0.338 e. The fourth-order valence-electron chi connectivity index (χ4n) is 2.82. The van der Waals surface area contributed by atoms with Gasteiger partial charge in [-0.1, -0.05) is 0 Å². The molecular weight excluding hydrogens is 386 g/mol. The number of fused-ring (bicyclic) bond motifs is 1. The van der Waals surface area contributed by atoms with Crippen LogP contribution >= 0.6 is 0 Å². The van der Waals surface area contributed by atoms with E-state index in [-0.39, 0.29) is 16.6 Å². The van der Waals surface area contributed by atoms with Crippen molar-refractivity contribution < 1.29 is 27.4 Å². The summed E-state index contributed by atoms with van der Waals surface area (Å²) in [5.74, 6) is -0.327. The van der Waals surface area contributed by atoms with Crippen molar-refractivity contribution in [1.29, 1.82) is 0 Å². The predicted molar refractivity (Wildman–Crippen MR) is 100 cm³/mol. The predicted octanol–water partition coefficient (Wildman–Crippen LogP) is 2.04. The molecule has 0 bridgehead atoms. The summed E-state index contributed by atoms with van der Waals surface area (Å²) in [6.07, 6.45) is 1.44. The van der Waals surface area contributed by atoms with Crippen LogP contribution < -0.4 is 9.47 Å². The summed E-state index contributed by atoms with van der Waals surface area (Å²) in [6.45, 7) is 1.73. The molecule has 3 aromatic rings. The Morgan fingerprint density at radius 1 is 1.18 bits per heavy atom. The monoisotopic (exact) mass is 405 g/mol. The second-order valence-electron chi connectivity index (χ2n) is 5.97. The number of sulfone groups is 1. The molecule has 2 heterocycles. The quantitative estimate of drug-likeness (QED) is 0.619. The molecule has 0 aliphatic carbocycles. The molecule has 3 rings (SSSR count). The van der Waals surface area contributed by atoms with Gasteiger partial charge in [0.2, 0.25) is 15.0 Å². The summed E-state index contributed by atoms with van der Waals surface area (Å²) in [5.41, 5.74) is 2.00. The normalized spacial score (nSPS) is 11.4. The maximum atomic E-state index is 12.9. The van der Waals surface area contributed by atoms with Gasteiger partial charge in [-0.2, -0.15) is 0 Å². The molecule has 0 unspecified atom stereocenters. The minimum Gasteiger partial charge on any atom is -0.493 e. The van der Waals surface area contributed by atoms with E-state index in [1.165, 1.54) is 33.6 Å². The number of H-pyrrole nitrogens is 1. The Hall–Kier alpha value is -3.14. The van der Waals surface area contributed by atoms with Crippen molar-refractivity contribution >= 4 is 26.8 Å². The minimum atomic E-state index is -3.87. The van der Waals surface area contributed by atoms with E-state index < -0.39 is 21.6 Å². The highest BCUT2D eigenvalue weighted by Crippen LogP contribution is 2.31. The molecule has 0 saturated heterocycles. The van der Waals surface area contributed by atoms with Crippen molar-refractivity contribution in [2.24, 2.45) is 0 Å². The van der Waals surface area contributed by atoms with Crippen molar-refractivity contribution in [1.82, 2.24) is 15.0 Å². The molecule has 9 nitrogen and oxygen atoms in total. The zero-order valence-corrected chi connectivity index (χ0v) is 16.6. The van der Waals surface area contributed by atoms with E-state index >= 15 is 0 Å². The molecule has 10 heteroatoms.